The van der Waals surface area contributed by atoms with Crippen LogP contribution in [0.4, 0.5) is 0 Å². The Hall–Kier alpha value is -0.0900. The summed E-state index contributed by atoms with van der Waals surface area (Å²) in [6, 6.07) is 4.38. The van der Waals surface area contributed by atoms with Crippen LogP contribution in [0.15, 0.2) is 17.5 Å². The van der Waals surface area contributed by atoms with Crippen molar-refractivity contribution in [2.75, 3.05) is 45.1 Å². The van der Waals surface area contributed by atoms with Crippen LogP contribution in [0.1, 0.15) is 11.3 Å². The Morgan fingerprint density at radius 1 is 1.12 bits per heavy atom. The van der Waals surface area contributed by atoms with Crippen LogP contribution in [0.5, 0.6) is 0 Å². The summed E-state index contributed by atoms with van der Waals surface area (Å²) in [7, 11) is 0. The van der Waals surface area contributed by atoms with Gasteiger partial charge in [-0.05, 0) is 37.4 Å². The van der Waals surface area contributed by atoms with Crippen molar-refractivity contribution < 1.29 is 0 Å². The molecule has 17 heavy (non-hydrogen) atoms. The lowest BCUT2D eigenvalue weighted by Gasteiger charge is -2.20. The number of hydrogen-bond acceptors (Lipinski definition) is 3. The molecule has 0 aromatic carbocycles. The van der Waals surface area contributed by atoms with Crippen molar-refractivity contribution in [3.63, 3.8) is 0 Å². The minimum absolute atomic E-state index is 0.759. The van der Waals surface area contributed by atoms with Crippen molar-refractivity contribution in [3.05, 3.63) is 22.4 Å². The summed E-state index contributed by atoms with van der Waals surface area (Å²) >= 11 is 7.67. The molecular weight excluding hydrogens is 252 g/mol. The molecule has 0 bridgehead atoms. The number of nitrogens with zero attached hydrogens (tertiary/aromatic N) is 2. The average molecular weight is 273 g/mol. The molecule has 0 saturated carbocycles. The van der Waals surface area contributed by atoms with Crippen molar-refractivity contribution >= 4 is 22.9 Å². The number of halogens is 1. The Kier molecular flexibility index (Phi) is 5.78. The monoisotopic (exact) mass is 272 g/mol. The Bertz CT molecular complexity index is 302. The highest BCUT2D eigenvalue weighted by molar-refractivity contribution is 7.09. The summed E-state index contributed by atoms with van der Waals surface area (Å²) in [5.41, 5.74) is 0. The fourth-order valence-electron chi connectivity index (χ4n) is 2.31. The quantitative estimate of drug-likeness (QED) is 0.760. The molecule has 1 fully saturated rings. The zero-order valence-electron chi connectivity index (χ0n) is 10.3. The van der Waals surface area contributed by atoms with E-state index in [2.05, 4.69) is 27.3 Å². The second-order valence-corrected chi connectivity index (χ2v) is 5.97. The van der Waals surface area contributed by atoms with Gasteiger partial charge >= 0.3 is 0 Å². The van der Waals surface area contributed by atoms with E-state index in [9.17, 15) is 0 Å². The highest BCUT2D eigenvalue weighted by Crippen LogP contribution is 2.11. The minimum Gasteiger partial charge on any atom is -0.302 e. The standard InChI is InChI=1S/C13H21ClN2S/c14-5-9-16-7-2-6-15(10-11-16)8-4-13-3-1-12-17-13/h1,3,12H,2,4-11H2. The maximum absolute atomic E-state index is 5.80. The molecule has 96 valence electrons. The summed E-state index contributed by atoms with van der Waals surface area (Å²) in [6.07, 6.45) is 2.48. The summed E-state index contributed by atoms with van der Waals surface area (Å²) in [5.74, 6) is 0.759. The van der Waals surface area contributed by atoms with Crippen LogP contribution in [0.25, 0.3) is 0 Å². The molecule has 0 amide bonds. The highest BCUT2D eigenvalue weighted by Gasteiger charge is 2.13. The molecule has 0 N–H and O–H groups in total. The Morgan fingerprint density at radius 3 is 2.53 bits per heavy atom. The van der Waals surface area contributed by atoms with Crippen LogP contribution in [-0.4, -0.2) is 54.9 Å². The number of thiophene rings is 1. The first-order chi connectivity index (χ1) is 8.38. The molecule has 2 nitrogen and oxygen atoms in total. The SMILES string of the molecule is ClCCN1CCCN(CCc2cccs2)CC1. The van der Waals surface area contributed by atoms with E-state index in [1.807, 2.05) is 11.3 Å². The third kappa shape index (κ3) is 4.59. The van der Waals surface area contributed by atoms with Crippen LogP contribution in [0.3, 0.4) is 0 Å². The Morgan fingerprint density at radius 2 is 1.88 bits per heavy atom. The second kappa shape index (κ2) is 7.37. The van der Waals surface area contributed by atoms with E-state index in [0.717, 1.165) is 12.4 Å². The second-order valence-electron chi connectivity index (χ2n) is 4.56. The molecule has 0 radical (unpaired) electrons. The van der Waals surface area contributed by atoms with E-state index in [0.29, 0.717) is 0 Å². The first-order valence-corrected chi connectivity index (χ1v) is 7.83. The zero-order chi connectivity index (χ0) is 11.9. The smallest absolute Gasteiger partial charge is 0.0351 e. The summed E-state index contributed by atoms with van der Waals surface area (Å²) in [5, 5.41) is 2.17. The van der Waals surface area contributed by atoms with E-state index in [1.165, 1.54) is 50.4 Å². The van der Waals surface area contributed by atoms with Gasteiger partial charge in [-0.25, -0.2) is 0 Å². The van der Waals surface area contributed by atoms with E-state index in [-0.39, 0.29) is 0 Å². The summed E-state index contributed by atoms with van der Waals surface area (Å²) in [4.78, 5) is 6.58. The van der Waals surface area contributed by atoms with Crippen LogP contribution in [0.2, 0.25) is 0 Å². The fourth-order valence-corrected chi connectivity index (χ4v) is 3.25. The van der Waals surface area contributed by atoms with Gasteiger partial charge in [0.2, 0.25) is 0 Å². The molecule has 1 aliphatic heterocycles. The number of alkyl halides is 1. The van der Waals surface area contributed by atoms with E-state index in [1.54, 1.807) is 0 Å². The van der Waals surface area contributed by atoms with Gasteiger partial charge in [0.05, 0.1) is 0 Å². The van der Waals surface area contributed by atoms with Crippen LogP contribution < -0.4 is 0 Å². The average Bonchev–Trinajstić information content (AvgIpc) is 2.75. The number of hydrogen-bond donors (Lipinski definition) is 0. The Labute approximate surface area is 113 Å². The zero-order valence-corrected chi connectivity index (χ0v) is 11.8. The summed E-state index contributed by atoms with van der Waals surface area (Å²) in [6.45, 7) is 7.07. The largest absolute Gasteiger partial charge is 0.302 e. The lowest BCUT2D eigenvalue weighted by atomic mass is 10.3. The van der Waals surface area contributed by atoms with Crippen molar-refractivity contribution in [1.82, 2.24) is 9.80 Å². The highest BCUT2D eigenvalue weighted by atomic mass is 35.5. The van der Waals surface area contributed by atoms with Crippen LogP contribution >= 0.6 is 22.9 Å². The third-order valence-electron chi connectivity index (χ3n) is 3.34. The topological polar surface area (TPSA) is 6.48 Å². The van der Waals surface area contributed by atoms with E-state index in [4.69, 9.17) is 11.6 Å². The molecule has 0 atom stereocenters. The maximum Gasteiger partial charge on any atom is 0.0351 e. The van der Waals surface area contributed by atoms with Gasteiger partial charge in [-0.15, -0.1) is 22.9 Å². The molecule has 0 aliphatic carbocycles. The molecule has 0 spiro atoms. The molecule has 1 aliphatic rings. The first kappa shape index (κ1) is 13.3. The normalized spacial score (nSPS) is 19.4. The van der Waals surface area contributed by atoms with E-state index < -0.39 is 0 Å². The van der Waals surface area contributed by atoms with Gasteiger partial charge in [0.25, 0.3) is 0 Å². The van der Waals surface area contributed by atoms with Crippen LogP contribution in [-0.2, 0) is 6.42 Å². The van der Waals surface area contributed by atoms with Gasteiger partial charge in [0, 0.05) is 36.9 Å². The summed E-state index contributed by atoms with van der Waals surface area (Å²) < 4.78 is 0. The molecule has 2 rings (SSSR count). The lowest BCUT2D eigenvalue weighted by Crippen LogP contribution is -2.32. The van der Waals surface area contributed by atoms with Crippen molar-refractivity contribution in [2.24, 2.45) is 0 Å². The predicted molar refractivity (Wildman–Crippen MR) is 76.2 cm³/mol. The number of rotatable bonds is 5. The minimum atomic E-state index is 0.759. The van der Waals surface area contributed by atoms with E-state index >= 15 is 0 Å². The lowest BCUT2D eigenvalue weighted by molar-refractivity contribution is 0.266. The van der Waals surface area contributed by atoms with Crippen molar-refractivity contribution in [2.45, 2.75) is 12.8 Å². The van der Waals surface area contributed by atoms with Gasteiger partial charge in [-0.1, -0.05) is 6.07 Å². The van der Waals surface area contributed by atoms with Gasteiger partial charge in [-0.2, -0.15) is 0 Å². The molecule has 1 aromatic rings. The molecule has 1 aromatic heterocycles. The first-order valence-electron chi connectivity index (χ1n) is 6.41. The molecule has 1 saturated heterocycles. The van der Waals surface area contributed by atoms with Gasteiger partial charge < -0.3 is 9.80 Å². The predicted octanol–water partition coefficient (Wildman–Crippen LogP) is 2.54. The molecule has 0 unspecified atom stereocenters. The maximum atomic E-state index is 5.80. The van der Waals surface area contributed by atoms with Gasteiger partial charge in [0.1, 0.15) is 0 Å². The Balaban J connectivity index is 1.71. The molecule has 4 heteroatoms. The molecule has 2 heterocycles. The van der Waals surface area contributed by atoms with Gasteiger partial charge in [0.15, 0.2) is 0 Å². The van der Waals surface area contributed by atoms with Crippen molar-refractivity contribution in [3.8, 4) is 0 Å². The fraction of sp³-hybridized carbons (Fsp3) is 0.692. The molecular formula is C13H21ClN2S. The third-order valence-corrected chi connectivity index (χ3v) is 4.44. The van der Waals surface area contributed by atoms with Gasteiger partial charge in [-0.3, -0.25) is 0 Å². The van der Waals surface area contributed by atoms with Crippen molar-refractivity contribution in [1.29, 1.82) is 0 Å². The van der Waals surface area contributed by atoms with Crippen LogP contribution in [0, 0.1) is 0 Å².